The molecule has 1 saturated heterocycles. The molecule has 7 nitrogen and oxygen atoms in total. The van der Waals surface area contributed by atoms with Gasteiger partial charge in [0, 0.05) is 50.2 Å². The van der Waals surface area contributed by atoms with Gasteiger partial charge < -0.3 is 19.3 Å². The molecule has 3 heterocycles. The Bertz CT molecular complexity index is 1040. The lowest BCUT2D eigenvalue weighted by molar-refractivity contribution is 0.0696. The molecule has 0 saturated carbocycles. The lowest BCUT2D eigenvalue weighted by Gasteiger charge is -2.32. The fourth-order valence-corrected chi connectivity index (χ4v) is 4.54. The summed E-state index contributed by atoms with van der Waals surface area (Å²) in [5.74, 6) is 1.28. The maximum atomic E-state index is 10.9. The highest BCUT2D eigenvalue weighted by atomic mass is 16.5. The fourth-order valence-electron chi connectivity index (χ4n) is 4.54. The minimum atomic E-state index is -0.992. The van der Waals surface area contributed by atoms with Crippen molar-refractivity contribution in [2.45, 2.75) is 38.5 Å². The third kappa shape index (κ3) is 4.81. The standard InChI is InChI=1S/C24H30N4O3/c1-27-16-18(21-8-7-20(31-2)13-22(21)27)6-4-3-5-17-9-11-28(12-10-17)24-25-14-19(15-26-24)23(29)30/h7-8,13-17H,3-6,9-12H2,1-2H3,(H,29,30). The van der Waals surface area contributed by atoms with Crippen molar-refractivity contribution in [3.05, 3.63) is 47.9 Å². The van der Waals surface area contributed by atoms with Crippen LogP contribution in [0.2, 0.25) is 0 Å². The van der Waals surface area contributed by atoms with Crippen LogP contribution in [0.15, 0.2) is 36.8 Å². The van der Waals surface area contributed by atoms with Crippen LogP contribution in [0.5, 0.6) is 5.75 Å². The van der Waals surface area contributed by atoms with Crippen LogP contribution in [0.25, 0.3) is 10.9 Å². The van der Waals surface area contributed by atoms with Crippen molar-refractivity contribution in [2.24, 2.45) is 13.0 Å². The number of nitrogens with zero attached hydrogens (tertiary/aromatic N) is 4. The molecule has 31 heavy (non-hydrogen) atoms. The number of anilines is 1. The normalized spacial score (nSPS) is 14.8. The number of rotatable bonds is 8. The van der Waals surface area contributed by atoms with Crippen LogP contribution >= 0.6 is 0 Å². The minimum Gasteiger partial charge on any atom is -0.497 e. The molecule has 164 valence electrons. The lowest BCUT2D eigenvalue weighted by atomic mass is 9.91. The summed E-state index contributed by atoms with van der Waals surface area (Å²) in [6.45, 7) is 1.87. The zero-order valence-electron chi connectivity index (χ0n) is 18.3. The molecule has 0 amide bonds. The molecule has 1 aliphatic rings. The Labute approximate surface area is 182 Å². The van der Waals surface area contributed by atoms with E-state index in [1.807, 2.05) is 6.07 Å². The number of carbonyl (C=O) groups is 1. The van der Waals surface area contributed by atoms with E-state index in [4.69, 9.17) is 9.84 Å². The number of aromatic carboxylic acids is 1. The Morgan fingerprint density at radius 2 is 1.94 bits per heavy atom. The monoisotopic (exact) mass is 422 g/mol. The van der Waals surface area contributed by atoms with Gasteiger partial charge >= 0.3 is 5.97 Å². The molecular formula is C24H30N4O3. The summed E-state index contributed by atoms with van der Waals surface area (Å²) in [6.07, 6.45) is 12.1. The number of unbranched alkanes of at least 4 members (excludes halogenated alkanes) is 1. The van der Waals surface area contributed by atoms with Gasteiger partial charge in [0.05, 0.1) is 18.2 Å². The number of methoxy groups -OCH3 is 1. The number of aromatic nitrogens is 3. The quantitative estimate of drug-likeness (QED) is 0.545. The zero-order chi connectivity index (χ0) is 21.8. The van der Waals surface area contributed by atoms with Gasteiger partial charge in [-0.1, -0.05) is 12.8 Å². The van der Waals surface area contributed by atoms with Crippen LogP contribution in [-0.4, -0.2) is 45.8 Å². The van der Waals surface area contributed by atoms with Crippen molar-refractivity contribution in [1.29, 1.82) is 0 Å². The number of aryl methyl sites for hydroxylation is 2. The molecule has 1 fully saturated rings. The highest BCUT2D eigenvalue weighted by Crippen LogP contribution is 2.28. The number of hydrogen-bond donors (Lipinski definition) is 1. The highest BCUT2D eigenvalue weighted by molar-refractivity contribution is 5.87. The van der Waals surface area contributed by atoms with Gasteiger partial charge in [0.25, 0.3) is 0 Å². The molecule has 1 N–H and O–H groups in total. The first-order valence-electron chi connectivity index (χ1n) is 11.0. The number of fused-ring (bicyclic) bond motifs is 1. The molecule has 3 aromatic rings. The smallest absolute Gasteiger partial charge is 0.338 e. The number of benzene rings is 1. The molecule has 0 spiro atoms. The van der Waals surface area contributed by atoms with Crippen LogP contribution < -0.4 is 9.64 Å². The van der Waals surface area contributed by atoms with E-state index >= 15 is 0 Å². The largest absolute Gasteiger partial charge is 0.497 e. The van der Waals surface area contributed by atoms with Gasteiger partial charge in [-0.2, -0.15) is 0 Å². The Morgan fingerprint density at radius 3 is 2.61 bits per heavy atom. The van der Waals surface area contributed by atoms with Crippen molar-refractivity contribution >= 4 is 22.8 Å². The molecule has 0 unspecified atom stereocenters. The maximum Gasteiger partial charge on any atom is 0.338 e. The van der Waals surface area contributed by atoms with Crippen molar-refractivity contribution < 1.29 is 14.6 Å². The predicted octanol–water partition coefficient (Wildman–Crippen LogP) is 4.30. The van der Waals surface area contributed by atoms with Gasteiger partial charge in [-0.3, -0.25) is 0 Å². The van der Waals surface area contributed by atoms with Crippen LogP contribution in [0.3, 0.4) is 0 Å². The predicted molar refractivity (Wildman–Crippen MR) is 121 cm³/mol. The SMILES string of the molecule is COc1ccc2c(CCCCC3CCN(c4ncc(C(=O)O)cn4)CC3)cn(C)c2c1. The number of ether oxygens (including phenoxy) is 1. The summed E-state index contributed by atoms with van der Waals surface area (Å²) in [4.78, 5) is 21.5. The Hall–Kier alpha value is -3.09. The molecule has 1 aliphatic heterocycles. The van der Waals surface area contributed by atoms with Crippen molar-refractivity contribution in [1.82, 2.24) is 14.5 Å². The molecule has 2 aromatic heterocycles. The van der Waals surface area contributed by atoms with Gasteiger partial charge in [0.2, 0.25) is 5.95 Å². The van der Waals surface area contributed by atoms with Gasteiger partial charge in [-0.05, 0) is 49.3 Å². The van der Waals surface area contributed by atoms with Crippen molar-refractivity contribution in [3.8, 4) is 5.75 Å². The van der Waals surface area contributed by atoms with E-state index in [0.29, 0.717) is 5.95 Å². The molecule has 0 aliphatic carbocycles. The Morgan fingerprint density at radius 1 is 1.19 bits per heavy atom. The van der Waals surface area contributed by atoms with E-state index in [9.17, 15) is 4.79 Å². The van der Waals surface area contributed by atoms with E-state index in [1.165, 1.54) is 48.1 Å². The molecule has 0 bridgehead atoms. The average molecular weight is 423 g/mol. The van der Waals surface area contributed by atoms with Crippen molar-refractivity contribution in [2.75, 3.05) is 25.1 Å². The van der Waals surface area contributed by atoms with Crippen LogP contribution in [0.4, 0.5) is 5.95 Å². The highest BCUT2D eigenvalue weighted by Gasteiger charge is 2.21. The molecule has 1 aromatic carbocycles. The fraction of sp³-hybridized carbons (Fsp3) is 0.458. The second-order valence-electron chi connectivity index (χ2n) is 8.40. The minimum absolute atomic E-state index is 0.129. The van der Waals surface area contributed by atoms with E-state index in [-0.39, 0.29) is 5.56 Å². The molecule has 7 heteroatoms. The number of carboxylic acids is 1. The maximum absolute atomic E-state index is 10.9. The van der Waals surface area contributed by atoms with E-state index in [1.54, 1.807) is 7.11 Å². The first-order valence-corrected chi connectivity index (χ1v) is 11.0. The zero-order valence-corrected chi connectivity index (χ0v) is 18.3. The lowest BCUT2D eigenvalue weighted by Crippen LogP contribution is -2.34. The van der Waals surface area contributed by atoms with Crippen LogP contribution in [-0.2, 0) is 13.5 Å². The summed E-state index contributed by atoms with van der Waals surface area (Å²) >= 11 is 0. The number of hydrogen-bond acceptors (Lipinski definition) is 5. The summed E-state index contributed by atoms with van der Waals surface area (Å²) < 4.78 is 7.54. The van der Waals surface area contributed by atoms with E-state index in [2.05, 4.69) is 44.8 Å². The molecular weight excluding hydrogens is 392 g/mol. The van der Waals surface area contributed by atoms with Crippen LogP contribution in [0, 0.1) is 5.92 Å². The third-order valence-corrected chi connectivity index (χ3v) is 6.37. The van der Waals surface area contributed by atoms with Gasteiger partial charge in [0.15, 0.2) is 0 Å². The Kier molecular flexibility index (Phi) is 6.39. The second kappa shape index (κ2) is 9.37. The van der Waals surface area contributed by atoms with Gasteiger partial charge in [0.1, 0.15) is 5.75 Å². The first kappa shape index (κ1) is 21.2. The summed E-state index contributed by atoms with van der Waals surface area (Å²) in [6, 6.07) is 6.31. The number of carboxylic acid groups (broad SMARTS) is 1. The van der Waals surface area contributed by atoms with E-state index in [0.717, 1.165) is 44.0 Å². The summed E-state index contributed by atoms with van der Waals surface area (Å²) in [5, 5.41) is 10.3. The Balaban J connectivity index is 1.23. The third-order valence-electron chi connectivity index (χ3n) is 6.37. The van der Waals surface area contributed by atoms with E-state index < -0.39 is 5.97 Å². The summed E-state index contributed by atoms with van der Waals surface area (Å²) in [7, 11) is 3.80. The molecule has 4 rings (SSSR count). The summed E-state index contributed by atoms with van der Waals surface area (Å²) in [5.41, 5.74) is 2.77. The molecule has 0 atom stereocenters. The van der Waals surface area contributed by atoms with Crippen LogP contribution in [0.1, 0.15) is 48.0 Å². The van der Waals surface area contributed by atoms with Crippen molar-refractivity contribution in [3.63, 3.8) is 0 Å². The molecule has 0 radical (unpaired) electrons. The first-order chi connectivity index (χ1) is 15.0. The second-order valence-corrected chi connectivity index (χ2v) is 8.40. The average Bonchev–Trinajstić information content (AvgIpc) is 3.12. The topological polar surface area (TPSA) is 80.5 Å². The number of piperidine rings is 1. The van der Waals surface area contributed by atoms with Gasteiger partial charge in [-0.15, -0.1) is 0 Å². The van der Waals surface area contributed by atoms with Gasteiger partial charge in [-0.25, -0.2) is 14.8 Å².